The molecule has 0 saturated heterocycles. The first-order valence-electron chi connectivity index (χ1n) is 8.48. The van der Waals surface area contributed by atoms with Crippen LogP contribution in [-0.2, 0) is 0 Å². The Balaban J connectivity index is 2.08. The second-order valence-electron chi connectivity index (χ2n) is 6.86. The Morgan fingerprint density at radius 1 is 1.08 bits per heavy atom. The van der Waals surface area contributed by atoms with Gasteiger partial charge in [0.25, 0.3) is 11.8 Å². The quantitative estimate of drug-likeness (QED) is 0.808. The Morgan fingerprint density at radius 2 is 1.68 bits per heavy atom. The van der Waals surface area contributed by atoms with E-state index in [0.29, 0.717) is 41.3 Å². The van der Waals surface area contributed by atoms with Gasteiger partial charge in [-0.1, -0.05) is 45.9 Å². The van der Waals surface area contributed by atoms with Crippen molar-refractivity contribution < 1.29 is 9.59 Å². The summed E-state index contributed by atoms with van der Waals surface area (Å²) in [5.41, 5.74) is 0.946. The van der Waals surface area contributed by atoms with Crippen molar-refractivity contribution in [3.8, 4) is 0 Å². The molecule has 0 aliphatic carbocycles. The molecule has 134 valence electrons. The summed E-state index contributed by atoms with van der Waals surface area (Å²) in [6.45, 7) is 9.75. The van der Waals surface area contributed by atoms with Crippen LogP contribution in [0.15, 0.2) is 35.7 Å². The lowest BCUT2D eigenvalue weighted by molar-refractivity contribution is 0.0710. The van der Waals surface area contributed by atoms with E-state index in [2.05, 4.69) is 38.0 Å². The second-order valence-corrected chi connectivity index (χ2v) is 7.71. The summed E-state index contributed by atoms with van der Waals surface area (Å²) < 4.78 is 0. The number of anilines is 1. The highest BCUT2D eigenvalue weighted by molar-refractivity contribution is 7.14. The highest BCUT2D eigenvalue weighted by atomic mass is 32.1. The van der Waals surface area contributed by atoms with Crippen molar-refractivity contribution in [2.45, 2.75) is 27.7 Å². The number of amides is 2. The molecule has 2 aromatic rings. The molecule has 1 aromatic carbocycles. The van der Waals surface area contributed by atoms with Crippen LogP contribution in [0.5, 0.6) is 0 Å². The largest absolute Gasteiger partial charge is 0.337 e. The highest BCUT2D eigenvalue weighted by Gasteiger charge is 2.21. The summed E-state index contributed by atoms with van der Waals surface area (Å²) in [4.78, 5) is 31.1. The van der Waals surface area contributed by atoms with Gasteiger partial charge in [-0.3, -0.25) is 14.9 Å². The van der Waals surface area contributed by atoms with Gasteiger partial charge in [-0.15, -0.1) is 11.3 Å². The number of aromatic nitrogens is 1. The molecule has 0 spiro atoms. The maximum atomic E-state index is 12.7. The number of carbonyl (C=O) groups is 2. The van der Waals surface area contributed by atoms with Gasteiger partial charge in [-0.25, -0.2) is 4.98 Å². The van der Waals surface area contributed by atoms with Crippen molar-refractivity contribution in [1.29, 1.82) is 0 Å². The van der Waals surface area contributed by atoms with Gasteiger partial charge >= 0.3 is 0 Å². The van der Waals surface area contributed by atoms with Crippen molar-refractivity contribution in [2.24, 2.45) is 11.8 Å². The lowest BCUT2D eigenvalue weighted by atomic mass is 10.1. The van der Waals surface area contributed by atoms with Crippen molar-refractivity contribution >= 4 is 28.3 Å². The monoisotopic (exact) mass is 359 g/mol. The van der Waals surface area contributed by atoms with Gasteiger partial charge in [-0.05, 0) is 24.0 Å². The summed E-state index contributed by atoms with van der Waals surface area (Å²) in [5, 5.41) is 4.89. The lowest BCUT2D eigenvalue weighted by Crippen LogP contribution is -2.37. The number of nitrogens with zero attached hydrogens (tertiary/aromatic N) is 2. The van der Waals surface area contributed by atoms with Crippen LogP contribution >= 0.6 is 11.3 Å². The van der Waals surface area contributed by atoms with Crippen molar-refractivity contribution in [3.63, 3.8) is 0 Å². The summed E-state index contributed by atoms with van der Waals surface area (Å²) in [5.74, 6) is 0.464. The molecular formula is C19H25N3O2S. The van der Waals surface area contributed by atoms with E-state index >= 15 is 0 Å². The van der Waals surface area contributed by atoms with Crippen LogP contribution in [0.4, 0.5) is 5.13 Å². The van der Waals surface area contributed by atoms with E-state index in [-0.39, 0.29) is 11.8 Å². The molecule has 0 saturated carbocycles. The van der Waals surface area contributed by atoms with Crippen molar-refractivity contribution in [3.05, 3.63) is 47.0 Å². The van der Waals surface area contributed by atoms with E-state index < -0.39 is 0 Å². The Kier molecular flexibility index (Phi) is 6.70. The smallest absolute Gasteiger partial charge is 0.273 e. The zero-order chi connectivity index (χ0) is 18.4. The fourth-order valence-corrected chi connectivity index (χ4v) is 3.15. The van der Waals surface area contributed by atoms with E-state index in [9.17, 15) is 9.59 Å². The maximum Gasteiger partial charge on any atom is 0.273 e. The first-order valence-corrected chi connectivity index (χ1v) is 9.36. The average molecular weight is 359 g/mol. The molecule has 5 nitrogen and oxygen atoms in total. The first-order chi connectivity index (χ1) is 11.9. The Hall–Kier alpha value is -2.21. The second kappa shape index (κ2) is 8.76. The Bertz CT molecular complexity index is 700. The molecule has 25 heavy (non-hydrogen) atoms. The summed E-state index contributed by atoms with van der Waals surface area (Å²) in [6, 6.07) is 8.95. The molecule has 0 aliphatic heterocycles. The third-order valence-corrected chi connectivity index (χ3v) is 4.20. The van der Waals surface area contributed by atoms with Gasteiger partial charge in [0.1, 0.15) is 5.69 Å². The third kappa shape index (κ3) is 5.67. The molecule has 1 N–H and O–H groups in total. The molecule has 0 atom stereocenters. The minimum atomic E-state index is -0.227. The van der Waals surface area contributed by atoms with Crippen molar-refractivity contribution in [2.75, 3.05) is 18.4 Å². The third-order valence-electron chi connectivity index (χ3n) is 3.44. The van der Waals surface area contributed by atoms with Crippen LogP contribution in [0.25, 0.3) is 0 Å². The minimum Gasteiger partial charge on any atom is -0.337 e. The van der Waals surface area contributed by atoms with E-state index in [0.717, 1.165) is 0 Å². The first kappa shape index (κ1) is 19.1. The topological polar surface area (TPSA) is 62.3 Å². The van der Waals surface area contributed by atoms with Gasteiger partial charge < -0.3 is 4.90 Å². The van der Waals surface area contributed by atoms with E-state index in [4.69, 9.17) is 0 Å². The number of nitrogens with one attached hydrogen (secondary N) is 1. The fourth-order valence-electron chi connectivity index (χ4n) is 2.47. The predicted molar refractivity (Wildman–Crippen MR) is 102 cm³/mol. The lowest BCUT2D eigenvalue weighted by Gasteiger charge is -2.25. The molecule has 0 aliphatic rings. The van der Waals surface area contributed by atoms with Gasteiger partial charge in [0.05, 0.1) is 0 Å². The molecule has 2 rings (SSSR count). The van der Waals surface area contributed by atoms with Crippen LogP contribution in [0.1, 0.15) is 48.5 Å². The molecule has 0 radical (unpaired) electrons. The summed E-state index contributed by atoms with van der Waals surface area (Å²) >= 11 is 1.27. The van der Waals surface area contributed by atoms with E-state index in [1.807, 2.05) is 11.0 Å². The van der Waals surface area contributed by atoms with Crippen LogP contribution in [0.2, 0.25) is 0 Å². The zero-order valence-electron chi connectivity index (χ0n) is 15.2. The van der Waals surface area contributed by atoms with Gasteiger partial charge in [0, 0.05) is 24.0 Å². The van der Waals surface area contributed by atoms with Crippen LogP contribution in [0.3, 0.4) is 0 Å². The van der Waals surface area contributed by atoms with E-state index in [1.54, 1.807) is 29.6 Å². The molecule has 0 bridgehead atoms. The number of carbonyl (C=O) groups excluding carboxylic acids is 2. The molecule has 2 amide bonds. The molecule has 0 unspecified atom stereocenters. The fraction of sp³-hybridized carbons (Fsp3) is 0.421. The molecule has 0 fully saturated rings. The zero-order valence-corrected chi connectivity index (χ0v) is 16.0. The predicted octanol–water partition coefficient (Wildman–Crippen LogP) is 4.15. The van der Waals surface area contributed by atoms with Crippen molar-refractivity contribution in [1.82, 2.24) is 9.88 Å². The number of hydrogen-bond acceptors (Lipinski definition) is 4. The SMILES string of the molecule is CC(C)CN(CC(C)C)C(=O)c1csc(NC(=O)c2ccccc2)n1. The number of benzene rings is 1. The summed E-state index contributed by atoms with van der Waals surface area (Å²) in [6.07, 6.45) is 0. The number of rotatable bonds is 7. The average Bonchev–Trinajstić information content (AvgIpc) is 3.02. The number of hydrogen-bond donors (Lipinski definition) is 1. The molecule has 1 aromatic heterocycles. The van der Waals surface area contributed by atoms with Crippen LogP contribution < -0.4 is 5.32 Å². The number of thiazole rings is 1. The Labute approximate surface area is 153 Å². The highest BCUT2D eigenvalue weighted by Crippen LogP contribution is 2.19. The van der Waals surface area contributed by atoms with Gasteiger partial charge in [0.15, 0.2) is 5.13 Å². The van der Waals surface area contributed by atoms with Crippen LogP contribution in [-0.4, -0.2) is 34.8 Å². The Morgan fingerprint density at radius 3 is 2.24 bits per heavy atom. The molecule has 6 heteroatoms. The van der Waals surface area contributed by atoms with Gasteiger partial charge in [0.2, 0.25) is 0 Å². The minimum absolute atomic E-state index is 0.0844. The molecule has 1 heterocycles. The molecular weight excluding hydrogens is 334 g/mol. The standard InChI is InChI=1S/C19H25N3O2S/c1-13(2)10-22(11-14(3)4)18(24)16-12-25-19(20-16)21-17(23)15-8-6-5-7-9-15/h5-9,12-14H,10-11H2,1-4H3,(H,20,21,23). The van der Waals surface area contributed by atoms with Gasteiger partial charge in [-0.2, -0.15) is 0 Å². The van der Waals surface area contributed by atoms with Crippen LogP contribution in [0, 0.1) is 11.8 Å². The maximum absolute atomic E-state index is 12.7. The van der Waals surface area contributed by atoms with E-state index in [1.165, 1.54) is 11.3 Å². The summed E-state index contributed by atoms with van der Waals surface area (Å²) in [7, 11) is 0. The normalized spacial score (nSPS) is 11.0.